The van der Waals surface area contributed by atoms with Crippen molar-refractivity contribution < 1.29 is 46.2 Å². The molecule has 228 valence electrons. The second-order valence-electron chi connectivity index (χ2n) is 9.87. The summed E-state index contributed by atoms with van der Waals surface area (Å²) in [6.45, 7) is 3.02. The van der Waals surface area contributed by atoms with Gasteiger partial charge in [0.05, 0.1) is 12.7 Å². The highest BCUT2D eigenvalue weighted by Gasteiger charge is 2.63. The number of nitrogen functional groups attached to an aromatic ring is 1. The summed E-state index contributed by atoms with van der Waals surface area (Å²) >= 11 is 0. The summed E-state index contributed by atoms with van der Waals surface area (Å²) in [5.74, 6) is -1.06. The summed E-state index contributed by atoms with van der Waals surface area (Å²) in [6.07, 6.45) is -10.3. The Balaban J connectivity index is 1.67. The monoisotopic (exact) mass is 614 g/mol. The summed E-state index contributed by atoms with van der Waals surface area (Å²) in [5.41, 5.74) is 1.13. The van der Waals surface area contributed by atoms with Crippen molar-refractivity contribution >= 4 is 30.3 Å². The number of nitrogens with two attached hydrogens (primary N) is 1. The van der Waals surface area contributed by atoms with Crippen molar-refractivity contribution in [3.05, 3.63) is 65.2 Å². The zero-order valence-corrected chi connectivity index (χ0v) is 23.6. The lowest BCUT2D eigenvalue weighted by atomic mass is 9.98. The zero-order valence-electron chi connectivity index (χ0n) is 22.7. The first kappa shape index (κ1) is 31.4. The number of ether oxygens (including phenoxy) is 2. The molecular weight excluding hydrogens is 584 g/mol. The molecule has 1 aromatic heterocycles. The van der Waals surface area contributed by atoms with Gasteiger partial charge in [0, 0.05) is 11.6 Å². The number of anilines is 1. The topological polar surface area (TPSA) is 164 Å². The zero-order chi connectivity index (χ0) is 30.8. The van der Waals surface area contributed by atoms with Gasteiger partial charge in [-0.3, -0.25) is 13.9 Å². The quantitative estimate of drug-likeness (QED) is 0.214. The number of hydrogen-bond donors (Lipinski definition) is 3. The number of alkyl halides is 3. The van der Waals surface area contributed by atoms with Gasteiger partial charge >= 0.3 is 19.4 Å². The van der Waals surface area contributed by atoms with Gasteiger partial charge in [0.25, 0.3) is 6.43 Å². The molecule has 1 aliphatic heterocycles. The van der Waals surface area contributed by atoms with Crippen molar-refractivity contribution in [3.63, 3.8) is 0 Å². The second-order valence-corrected chi connectivity index (χ2v) is 11.6. The minimum atomic E-state index is -4.80. The van der Waals surface area contributed by atoms with Crippen LogP contribution in [0, 0.1) is 0 Å². The average molecular weight is 615 g/mol. The number of hydrogen-bond acceptors (Lipinski definition) is 10. The number of nitrogens with one attached hydrogen (secondary N) is 1. The lowest BCUT2D eigenvalue weighted by Gasteiger charge is -2.32. The van der Waals surface area contributed by atoms with Gasteiger partial charge in [0.1, 0.15) is 23.7 Å². The number of carbonyl (C=O) groups is 1. The molecule has 6 atom stereocenters. The van der Waals surface area contributed by atoms with Gasteiger partial charge < -0.3 is 24.8 Å². The minimum absolute atomic E-state index is 0.000933. The predicted octanol–water partition coefficient (Wildman–Crippen LogP) is 3.34. The molecular formula is C26H30F3N4O8P. The molecule has 0 saturated carbocycles. The fourth-order valence-electron chi connectivity index (χ4n) is 4.29. The molecule has 0 aliphatic carbocycles. The van der Waals surface area contributed by atoms with Crippen LogP contribution in [-0.2, 0) is 23.4 Å². The van der Waals surface area contributed by atoms with Crippen molar-refractivity contribution in [2.45, 2.75) is 63.4 Å². The molecule has 0 radical (unpaired) electrons. The molecule has 0 spiro atoms. The van der Waals surface area contributed by atoms with Crippen molar-refractivity contribution in [2.75, 3.05) is 12.3 Å². The molecule has 16 heteroatoms. The average Bonchev–Trinajstić information content (AvgIpc) is 3.18. The molecule has 0 amide bonds. The Kier molecular flexibility index (Phi) is 9.28. The van der Waals surface area contributed by atoms with Crippen LogP contribution < -0.4 is 21.0 Å². The van der Waals surface area contributed by atoms with Gasteiger partial charge in [-0.05, 0) is 38.3 Å². The van der Waals surface area contributed by atoms with Crippen LogP contribution in [0.2, 0.25) is 0 Å². The Morgan fingerprint density at radius 1 is 1.21 bits per heavy atom. The molecule has 4 N–H and O–H groups in total. The summed E-state index contributed by atoms with van der Waals surface area (Å²) in [4.78, 5) is 28.2. The van der Waals surface area contributed by atoms with Gasteiger partial charge in [0.2, 0.25) is 0 Å². The first-order valence-corrected chi connectivity index (χ1v) is 14.3. The van der Waals surface area contributed by atoms with Crippen LogP contribution in [0.4, 0.5) is 19.0 Å². The van der Waals surface area contributed by atoms with E-state index >= 15 is 4.39 Å². The number of fused-ring (bicyclic) bond motifs is 1. The van der Waals surface area contributed by atoms with E-state index in [1.807, 2.05) is 0 Å². The Morgan fingerprint density at radius 3 is 2.57 bits per heavy atom. The number of nitrogens with zero attached hydrogens (tertiary/aromatic N) is 2. The summed E-state index contributed by atoms with van der Waals surface area (Å²) < 4.78 is 80.5. The maximum atomic E-state index is 15.5. The maximum Gasteiger partial charge on any atom is 0.459 e. The number of halogens is 3. The van der Waals surface area contributed by atoms with E-state index in [1.54, 1.807) is 50.2 Å². The lowest BCUT2D eigenvalue weighted by molar-refractivity contribution is -0.183. The molecule has 2 heterocycles. The SMILES string of the molecule is CC(C)OC(=O)[C@H](C)NP(=O)(OC[C@@]1(C(F)F)O[C@@H](n2ccc(N)nc2=O)[C@H](O)[C@H]1F)Oc1cccc2ccccc12. The third-order valence-corrected chi connectivity index (χ3v) is 7.99. The third kappa shape index (κ3) is 6.45. The van der Waals surface area contributed by atoms with E-state index in [9.17, 15) is 28.0 Å². The third-order valence-electron chi connectivity index (χ3n) is 6.38. The fraction of sp³-hybridized carbons (Fsp3) is 0.423. The fourth-order valence-corrected chi connectivity index (χ4v) is 5.84. The molecule has 4 rings (SSSR count). The van der Waals surface area contributed by atoms with Crippen LogP contribution in [0.5, 0.6) is 5.75 Å². The normalized spacial score (nSPS) is 24.5. The van der Waals surface area contributed by atoms with E-state index < -0.39 is 68.7 Å². The van der Waals surface area contributed by atoms with Crippen LogP contribution in [0.25, 0.3) is 10.8 Å². The van der Waals surface area contributed by atoms with E-state index in [2.05, 4.69) is 10.1 Å². The molecule has 3 aromatic rings. The Bertz CT molecular complexity index is 1540. The number of carbonyl (C=O) groups excluding carboxylic acids is 1. The predicted molar refractivity (Wildman–Crippen MR) is 145 cm³/mol. The van der Waals surface area contributed by atoms with Crippen molar-refractivity contribution in [3.8, 4) is 5.75 Å². The van der Waals surface area contributed by atoms with Crippen LogP contribution in [0.15, 0.2) is 59.5 Å². The number of rotatable bonds is 11. The summed E-state index contributed by atoms with van der Waals surface area (Å²) in [5, 5.41) is 14.0. The lowest BCUT2D eigenvalue weighted by Crippen LogP contribution is -2.51. The van der Waals surface area contributed by atoms with Crippen molar-refractivity contribution in [2.24, 2.45) is 0 Å². The standard InChI is InChI=1S/C26H30F3N4O8P/c1-14(2)39-23(35)15(3)32-42(37,41-18-10-6-8-16-7-4-5-9-17(16)18)38-13-26(24(28)29)21(27)20(34)22(40-26)33-12-11-19(30)31-25(33)36/h4-12,14-15,20-22,24,34H,13H2,1-3H3,(H,32,37)(H2,30,31,36)/t15-,20+,21+,22+,26+,42?/m0/s1. The maximum absolute atomic E-state index is 15.5. The second kappa shape index (κ2) is 12.4. The number of aromatic nitrogens is 2. The van der Waals surface area contributed by atoms with E-state index in [-0.39, 0.29) is 11.6 Å². The van der Waals surface area contributed by atoms with Crippen LogP contribution >= 0.6 is 7.75 Å². The largest absolute Gasteiger partial charge is 0.462 e. The number of benzene rings is 2. The van der Waals surface area contributed by atoms with E-state index in [0.29, 0.717) is 15.3 Å². The molecule has 1 unspecified atom stereocenters. The van der Waals surface area contributed by atoms with Crippen LogP contribution in [0.3, 0.4) is 0 Å². The highest BCUT2D eigenvalue weighted by molar-refractivity contribution is 7.52. The van der Waals surface area contributed by atoms with Gasteiger partial charge in [-0.15, -0.1) is 0 Å². The first-order chi connectivity index (χ1) is 19.8. The Hall–Kier alpha value is -3.49. The summed E-state index contributed by atoms with van der Waals surface area (Å²) in [7, 11) is -4.80. The molecule has 42 heavy (non-hydrogen) atoms. The van der Waals surface area contributed by atoms with E-state index in [4.69, 9.17) is 24.3 Å². The number of esters is 1. The molecule has 1 saturated heterocycles. The van der Waals surface area contributed by atoms with Crippen LogP contribution in [0.1, 0.15) is 27.0 Å². The molecule has 2 aromatic carbocycles. The molecule has 1 aliphatic rings. The van der Waals surface area contributed by atoms with Gasteiger partial charge in [-0.2, -0.15) is 10.1 Å². The van der Waals surface area contributed by atoms with Gasteiger partial charge in [-0.25, -0.2) is 22.5 Å². The highest BCUT2D eigenvalue weighted by atomic mass is 31.2. The highest BCUT2D eigenvalue weighted by Crippen LogP contribution is 2.50. The number of aliphatic hydroxyl groups excluding tert-OH is 1. The Labute approximate surface area is 238 Å². The van der Waals surface area contributed by atoms with Crippen molar-refractivity contribution in [1.29, 1.82) is 0 Å². The molecule has 1 fully saturated rings. The number of aliphatic hydroxyl groups is 1. The summed E-state index contributed by atoms with van der Waals surface area (Å²) in [6, 6.07) is 11.4. The smallest absolute Gasteiger partial charge is 0.459 e. The van der Waals surface area contributed by atoms with Gasteiger partial charge in [-0.1, -0.05) is 36.4 Å². The van der Waals surface area contributed by atoms with Crippen LogP contribution in [-0.4, -0.2) is 63.7 Å². The van der Waals surface area contributed by atoms with E-state index in [1.165, 1.54) is 13.0 Å². The minimum Gasteiger partial charge on any atom is -0.462 e. The van der Waals surface area contributed by atoms with Crippen molar-refractivity contribution in [1.82, 2.24) is 14.6 Å². The van der Waals surface area contributed by atoms with E-state index in [0.717, 1.165) is 12.3 Å². The van der Waals surface area contributed by atoms with Gasteiger partial charge in [0.15, 0.2) is 18.0 Å². The Morgan fingerprint density at radius 2 is 1.90 bits per heavy atom. The first-order valence-electron chi connectivity index (χ1n) is 12.8. The molecule has 0 bridgehead atoms. The molecule has 12 nitrogen and oxygen atoms in total.